The summed E-state index contributed by atoms with van der Waals surface area (Å²) in [4.78, 5) is 25.0. The van der Waals surface area contributed by atoms with Gasteiger partial charge in [0.25, 0.3) is 0 Å². The first-order valence-electron chi connectivity index (χ1n) is 14.5. The quantitative estimate of drug-likeness (QED) is 0.0457. The molecule has 0 heterocycles. The molecule has 36 heavy (non-hydrogen) atoms. The molecule has 0 saturated carbocycles. The lowest BCUT2D eigenvalue weighted by Gasteiger charge is -2.18. The lowest BCUT2D eigenvalue weighted by Crippen LogP contribution is -2.20. The molecule has 1 aromatic carbocycles. The van der Waals surface area contributed by atoms with Crippen molar-refractivity contribution in [2.45, 2.75) is 130 Å². The van der Waals surface area contributed by atoms with Gasteiger partial charge in [0.15, 0.2) is 5.78 Å². The highest BCUT2D eigenvalue weighted by Gasteiger charge is 2.23. The summed E-state index contributed by atoms with van der Waals surface area (Å²) in [5.74, 6) is -0.903. The van der Waals surface area contributed by atoms with Gasteiger partial charge in [-0.05, 0) is 57.4 Å². The molecule has 0 amide bonds. The van der Waals surface area contributed by atoms with E-state index < -0.39 is 11.8 Å². The minimum Gasteiger partial charge on any atom is -0.511 e. The summed E-state index contributed by atoms with van der Waals surface area (Å²) in [5, 5.41) is 10.6. The number of aliphatic hydroxyl groups excluding tert-OH is 1. The molecule has 0 aliphatic carbocycles. The van der Waals surface area contributed by atoms with Gasteiger partial charge < -0.3 is 9.84 Å². The number of carbonyl (C=O) groups excluding carboxylic acids is 2. The molecule has 0 saturated heterocycles. The Bertz CT molecular complexity index is 763. The molecular formula is C32H52O4. The van der Waals surface area contributed by atoms with E-state index in [4.69, 9.17) is 4.74 Å². The normalized spacial score (nSPS) is 12.8. The van der Waals surface area contributed by atoms with Crippen LogP contribution < -0.4 is 0 Å². The minimum atomic E-state index is -0.667. The van der Waals surface area contributed by atoms with E-state index in [2.05, 4.69) is 45.0 Å². The number of aliphatic hydroxyl groups is 1. The summed E-state index contributed by atoms with van der Waals surface area (Å²) in [6.07, 6.45) is 17.2. The molecule has 0 aliphatic heterocycles. The number of esters is 1. The fraction of sp³-hybridized carbons (Fsp3) is 0.688. The molecule has 1 atom stereocenters. The van der Waals surface area contributed by atoms with Crippen molar-refractivity contribution < 1.29 is 19.4 Å². The SMILES string of the molecule is CCCCCCCCC(CCCCCC)COC(=O)C(C(C)=O)=C(O)CCCCc1ccc(C)cc1. The lowest BCUT2D eigenvalue weighted by atomic mass is 9.95. The minimum absolute atomic E-state index is 0.133. The van der Waals surface area contributed by atoms with E-state index >= 15 is 0 Å². The Labute approximate surface area is 220 Å². The molecule has 0 fully saturated rings. The van der Waals surface area contributed by atoms with Gasteiger partial charge in [-0.2, -0.15) is 0 Å². The van der Waals surface area contributed by atoms with Crippen molar-refractivity contribution in [3.8, 4) is 0 Å². The largest absolute Gasteiger partial charge is 0.511 e. The molecule has 1 aromatic rings. The number of rotatable bonds is 21. The van der Waals surface area contributed by atoms with Crippen molar-refractivity contribution in [2.24, 2.45) is 5.92 Å². The second-order valence-corrected chi connectivity index (χ2v) is 10.4. The zero-order valence-corrected chi connectivity index (χ0v) is 23.6. The highest BCUT2D eigenvalue weighted by Crippen LogP contribution is 2.21. The molecule has 0 aliphatic rings. The van der Waals surface area contributed by atoms with Crippen molar-refractivity contribution in [1.82, 2.24) is 0 Å². The maximum absolute atomic E-state index is 12.8. The molecule has 0 bridgehead atoms. The summed E-state index contributed by atoms with van der Waals surface area (Å²) in [6, 6.07) is 8.43. The van der Waals surface area contributed by atoms with Crippen LogP contribution in [0.5, 0.6) is 0 Å². The lowest BCUT2D eigenvalue weighted by molar-refractivity contribution is -0.142. The number of hydrogen-bond acceptors (Lipinski definition) is 4. The Hall–Kier alpha value is -2.10. The van der Waals surface area contributed by atoms with Crippen LogP contribution in [0.4, 0.5) is 0 Å². The number of aryl methyl sites for hydroxylation is 2. The molecule has 0 spiro atoms. The monoisotopic (exact) mass is 500 g/mol. The standard InChI is InChI=1S/C32H52O4/c1-5-7-9-11-12-14-19-29(18-13-10-8-6-2)25-36-32(35)31(27(4)33)30(34)20-16-15-17-28-23-21-26(3)22-24-28/h21-24,29,34H,5-20,25H2,1-4H3. The highest BCUT2D eigenvalue weighted by molar-refractivity contribution is 6.16. The van der Waals surface area contributed by atoms with Gasteiger partial charge in [0, 0.05) is 6.42 Å². The van der Waals surface area contributed by atoms with Gasteiger partial charge in [-0.25, -0.2) is 4.79 Å². The first kappa shape index (κ1) is 31.9. The van der Waals surface area contributed by atoms with Gasteiger partial charge in [0.1, 0.15) is 11.3 Å². The summed E-state index contributed by atoms with van der Waals surface area (Å²) < 4.78 is 5.61. The molecule has 0 radical (unpaired) electrons. The topological polar surface area (TPSA) is 63.6 Å². The zero-order valence-electron chi connectivity index (χ0n) is 23.6. The maximum atomic E-state index is 12.8. The van der Waals surface area contributed by atoms with Crippen LogP contribution in [0.15, 0.2) is 35.6 Å². The Kier molecular flexibility index (Phi) is 17.8. The first-order valence-corrected chi connectivity index (χ1v) is 14.5. The summed E-state index contributed by atoms with van der Waals surface area (Å²) in [7, 11) is 0. The number of ether oxygens (including phenoxy) is 1. The molecular weight excluding hydrogens is 448 g/mol. The van der Waals surface area contributed by atoms with Crippen LogP contribution in [-0.2, 0) is 20.7 Å². The van der Waals surface area contributed by atoms with Crippen LogP contribution in [0, 0.1) is 12.8 Å². The predicted octanol–water partition coefficient (Wildman–Crippen LogP) is 8.99. The molecule has 4 nitrogen and oxygen atoms in total. The number of carbonyl (C=O) groups is 2. The third kappa shape index (κ3) is 14.5. The van der Waals surface area contributed by atoms with E-state index in [-0.39, 0.29) is 11.3 Å². The van der Waals surface area contributed by atoms with E-state index in [1.807, 2.05) is 0 Å². The van der Waals surface area contributed by atoms with Crippen molar-refractivity contribution in [3.05, 3.63) is 46.7 Å². The van der Waals surface area contributed by atoms with Gasteiger partial charge in [0.05, 0.1) is 6.61 Å². The summed E-state index contributed by atoms with van der Waals surface area (Å²) >= 11 is 0. The van der Waals surface area contributed by atoms with Crippen molar-refractivity contribution in [2.75, 3.05) is 6.61 Å². The number of allylic oxidation sites excluding steroid dienone is 1. The fourth-order valence-electron chi connectivity index (χ4n) is 4.62. The van der Waals surface area contributed by atoms with Crippen molar-refractivity contribution >= 4 is 11.8 Å². The zero-order chi connectivity index (χ0) is 26.6. The number of ketones is 1. The van der Waals surface area contributed by atoms with Crippen LogP contribution in [0.3, 0.4) is 0 Å². The van der Waals surface area contributed by atoms with Crippen LogP contribution >= 0.6 is 0 Å². The summed E-state index contributed by atoms with van der Waals surface area (Å²) in [6.45, 7) is 8.17. The Morgan fingerprint density at radius 3 is 1.94 bits per heavy atom. The van der Waals surface area contributed by atoms with E-state index in [1.54, 1.807) is 0 Å². The molecule has 1 N–H and O–H groups in total. The number of hydrogen-bond donors (Lipinski definition) is 1. The van der Waals surface area contributed by atoms with Gasteiger partial charge >= 0.3 is 5.97 Å². The highest BCUT2D eigenvalue weighted by atomic mass is 16.5. The Morgan fingerprint density at radius 1 is 0.806 bits per heavy atom. The number of benzene rings is 1. The average Bonchev–Trinajstić information content (AvgIpc) is 2.85. The average molecular weight is 501 g/mol. The third-order valence-electron chi connectivity index (χ3n) is 6.98. The maximum Gasteiger partial charge on any atom is 0.345 e. The first-order chi connectivity index (χ1) is 17.4. The second-order valence-electron chi connectivity index (χ2n) is 10.4. The van der Waals surface area contributed by atoms with Gasteiger partial charge in [-0.3, -0.25) is 4.79 Å². The third-order valence-corrected chi connectivity index (χ3v) is 6.98. The van der Waals surface area contributed by atoms with Crippen LogP contribution in [0.2, 0.25) is 0 Å². The molecule has 1 rings (SSSR count). The van der Waals surface area contributed by atoms with Crippen molar-refractivity contribution in [3.63, 3.8) is 0 Å². The summed E-state index contributed by atoms with van der Waals surface area (Å²) in [5.41, 5.74) is 2.32. The van der Waals surface area contributed by atoms with Crippen LogP contribution in [-0.4, -0.2) is 23.5 Å². The van der Waals surface area contributed by atoms with Gasteiger partial charge in [0.2, 0.25) is 0 Å². The van der Waals surface area contributed by atoms with E-state index in [0.717, 1.165) is 38.5 Å². The predicted molar refractivity (Wildman–Crippen MR) is 150 cm³/mol. The van der Waals surface area contributed by atoms with Crippen LogP contribution in [0.25, 0.3) is 0 Å². The van der Waals surface area contributed by atoms with E-state index in [1.165, 1.54) is 69.4 Å². The molecule has 1 unspecified atom stereocenters. The van der Waals surface area contributed by atoms with Crippen LogP contribution in [0.1, 0.15) is 128 Å². The van der Waals surface area contributed by atoms with Gasteiger partial charge in [-0.1, -0.05) is 108 Å². The Balaban J connectivity index is 2.57. The van der Waals surface area contributed by atoms with Gasteiger partial charge in [-0.15, -0.1) is 0 Å². The smallest absolute Gasteiger partial charge is 0.345 e. The number of unbranched alkanes of at least 4 members (excludes halogenated alkanes) is 9. The molecule has 0 aromatic heterocycles. The fourth-order valence-corrected chi connectivity index (χ4v) is 4.62. The molecule has 4 heteroatoms. The molecule has 204 valence electrons. The Morgan fingerprint density at radius 2 is 1.36 bits per heavy atom. The number of Topliss-reactive ketones (excluding diaryl/α,β-unsaturated/α-hetero) is 1. The van der Waals surface area contributed by atoms with E-state index in [0.29, 0.717) is 25.4 Å². The van der Waals surface area contributed by atoms with Crippen molar-refractivity contribution in [1.29, 1.82) is 0 Å². The second kappa shape index (κ2) is 20.0. The van der Waals surface area contributed by atoms with E-state index in [9.17, 15) is 14.7 Å².